The molecule has 22 heavy (non-hydrogen) atoms. The van der Waals surface area contributed by atoms with Gasteiger partial charge in [-0.1, -0.05) is 11.6 Å². The van der Waals surface area contributed by atoms with E-state index in [2.05, 4.69) is 10.1 Å². The predicted octanol–water partition coefficient (Wildman–Crippen LogP) is 1.97. The smallest absolute Gasteiger partial charge is 0.275 e. The lowest BCUT2D eigenvalue weighted by atomic mass is 10.1. The molecule has 0 radical (unpaired) electrons. The molecule has 0 aliphatic heterocycles. The molecule has 1 aliphatic rings. The number of rotatable bonds is 4. The van der Waals surface area contributed by atoms with E-state index in [1.807, 2.05) is 0 Å². The quantitative estimate of drug-likeness (QED) is 0.934. The minimum atomic E-state index is -0.306. The molecule has 116 valence electrons. The number of aromatic nitrogens is 2. The molecule has 1 N–H and O–H groups in total. The van der Waals surface area contributed by atoms with Crippen LogP contribution in [0.4, 0.5) is 0 Å². The normalized spacial score (nSPS) is 21.0. The molecule has 3 rings (SSSR count). The van der Waals surface area contributed by atoms with Crippen molar-refractivity contribution in [1.29, 1.82) is 0 Å². The molecule has 2 unspecified atom stereocenters. The van der Waals surface area contributed by atoms with Crippen LogP contribution in [-0.2, 0) is 0 Å². The van der Waals surface area contributed by atoms with Gasteiger partial charge in [-0.3, -0.25) is 9.78 Å². The lowest BCUT2D eigenvalue weighted by Crippen LogP contribution is -2.34. The molecule has 2 aromatic heterocycles. The average Bonchev–Trinajstić information content (AvgIpc) is 3.17. The molecule has 0 aromatic carbocycles. The highest BCUT2D eigenvalue weighted by Gasteiger charge is 2.28. The van der Waals surface area contributed by atoms with E-state index in [0.717, 1.165) is 24.8 Å². The molecular formula is C16H19N3O3. The number of aliphatic hydroxyl groups excluding tert-OH is 1. The highest BCUT2D eigenvalue weighted by atomic mass is 16.5. The maximum absolute atomic E-state index is 12.4. The van der Waals surface area contributed by atoms with Crippen molar-refractivity contribution in [2.24, 2.45) is 5.92 Å². The Bertz CT molecular complexity index is 641. The number of amides is 1. The maximum Gasteiger partial charge on any atom is 0.275 e. The zero-order valence-corrected chi connectivity index (χ0v) is 12.5. The van der Waals surface area contributed by atoms with Crippen molar-refractivity contribution in [3.8, 4) is 11.3 Å². The average molecular weight is 301 g/mol. The van der Waals surface area contributed by atoms with Crippen molar-refractivity contribution in [3.05, 3.63) is 36.3 Å². The van der Waals surface area contributed by atoms with Crippen LogP contribution in [0.25, 0.3) is 11.3 Å². The van der Waals surface area contributed by atoms with E-state index >= 15 is 0 Å². The fraction of sp³-hybridized carbons (Fsp3) is 0.438. The zero-order valence-electron chi connectivity index (χ0n) is 12.5. The van der Waals surface area contributed by atoms with E-state index < -0.39 is 0 Å². The van der Waals surface area contributed by atoms with Crippen LogP contribution in [0.1, 0.15) is 29.8 Å². The van der Waals surface area contributed by atoms with Crippen LogP contribution in [0.2, 0.25) is 0 Å². The summed E-state index contributed by atoms with van der Waals surface area (Å²) in [6.07, 6.45) is 5.81. The Morgan fingerprint density at radius 1 is 1.41 bits per heavy atom. The maximum atomic E-state index is 12.4. The summed E-state index contributed by atoms with van der Waals surface area (Å²) in [4.78, 5) is 17.9. The van der Waals surface area contributed by atoms with E-state index in [-0.39, 0.29) is 23.6 Å². The van der Waals surface area contributed by atoms with E-state index in [9.17, 15) is 9.90 Å². The summed E-state index contributed by atoms with van der Waals surface area (Å²) in [5.41, 5.74) is 1.11. The number of hydrogen-bond donors (Lipinski definition) is 1. The SMILES string of the molecule is CN(CC1CCCC1O)C(=O)c1cc(-c2ccncc2)on1. The van der Waals surface area contributed by atoms with Gasteiger partial charge in [-0.05, 0) is 25.0 Å². The lowest BCUT2D eigenvalue weighted by Gasteiger charge is -2.22. The van der Waals surface area contributed by atoms with Gasteiger partial charge in [0.2, 0.25) is 0 Å². The van der Waals surface area contributed by atoms with Crippen molar-refractivity contribution >= 4 is 5.91 Å². The second-order valence-corrected chi connectivity index (χ2v) is 5.76. The Morgan fingerprint density at radius 3 is 2.86 bits per heavy atom. The van der Waals surface area contributed by atoms with Gasteiger partial charge >= 0.3 is 0 Å². The third-order valence-electron chi connectivity index (χ3n) is 4.17. The first-order chi connectivity index (χ1) is 10.6. The number of pyridine rings is 1. The second kappa shape index (κ2) is 6.27. The number of carbonyl (C=O) groups excluding carboxylic acids is 1. The zero-order chi connectivity index (χ0) is 15.5. The second-order valence-electron chi connectivity index (χ2n) is 5.76. The van der Waals surface area contributed by atoms with Gasteiger partial charge in [0.1, 0.15) is 0 Å². The first-order valence-electron chi connectivity index (χ1n) is 7.46. The molecule has 2 heterocycles. The summed E-state index contributed by atoms with van der Waals surface area (Å²) >= 11 is 0. The number of hydrogen-bond acceptors (Lipinski definition) is 5. The molecule has 0 saturated heterocycles. The van der Waals surface area contributed by atoms with Crippen LogP contribution >= 0.6 is 0 Å². The monoisotopic (exact) mass is 301 g/mol. The van der Waals surface area contributed by atoms with Gasteiger partial charge in [0, 0.05) is 43.5 Å². The molecule has 2 atom stereocenters. The van der Waals surface area contributed by atoms with Gasteiger partial charge in [0.25, 0.3) is 5.91 Å². The van der Waals surface area contributed by atoms with Gasteiger partial charge in [-0.25, -0.2) is 0 Å². The van der Waals surface area contributed by atoms with Gasteiger partial charge in [-0.2, -0.15) is 0 Å². The lowest BCUT2D eigenvalue weighted by molar-refractivity contribution is 0.0684. The number of aliphatic hydroxyl groups is 1. The largest absolute Gasteiger partial charge is 0.393 e. The Kier molecular flexibility index (Phi) is 4.20. The molecule has 1 amide bonds. The van der Waals surface area contributed by atoms with Gasteiger partial charge in [0.15, 0.2) is 11.5 Å². The van der Waals surface area contributed by atoms with Crippen LogP contribution in [0.5, 0.6) is 0 Å². The third kappa shape index (κ3) is 3.01. The molecule has 6 heteroatoms. The fourth-order valence-corrected chi connectivity index (χ4v) is 2.89. The summed E-state index contributed by atoms with van der Waals surface area (Å²) in [6.45, 7) is 0.539. The van der Waals surface area contributed by atoms with Crippen LogP contribution in [-0.4, -0.2) is 45.8 Å². The van der Waals surface area contributed by atoms with Crippen LogP contribution in [0, 0.1) is 5.92 Å². The molecule has 0 spiro atoms. The standard InChI is InChI=1S/C16H19N3O3/c1-19(10-12-3-2-4-14(12)20)16(21)13-9-15(22-18-13)11-5-7-17-8-6-11/h5-9,12,14,20H,2-4,10H2,1H3. The third-order valence-corrected chi connectivity index (χ3v) is 4.17. The van der Waals surface area contributed by atoms with E-state index in [0.29, 0.717) is 12.3 Å². The van der Waals surface area contributed by atoms with Crippen molar-refractivity contribution in [2.45, 2.75) is 25.4 Å². The molecule has 0 bridgehead atoms. The minimum absolute atomic E-state index is 0.153. The van der Waals surface area contributed by atoms with E-state index in [1.165, 1.54) is 0 Å². The first kappa shape index (κ1) is 14.7. The summed E-state index contributed by atoms with van der Waals surface area (Å²) in [7, 11) is 1.73. The topological polar surface area (TPSA) is 79.5 Å². The van der Waals surface area contributed by atoms with Crippen molar-refractivity contribution in [1.82, 2.24) is 15.0 Å². The van der Waals surface area contributed by atoms with E-state index in [1.54, 1.807) is 42.5 Å². The van der Waals surface area contributed by atoms with Gasteiger partial charge < -0.3 is 14.5 Å². The number of nitrogens with zero attached hydrogens (tertiary/aromatic N) is 3. The molecular weight excluding hydrogens is 282 g/mol. The summed E-state index contributed by atoms with van der Waals surface area (Å²) in [5, 5.41) is 13.7. The first-order valence-corrected chi connectivity index (χ1v) is 7.46. The fourth-order valence-electron chi connectivity index (χ4n) is 2.89. The highest BCUT2D eigenvalue weighted by molar-refractivity contribution is 5.92. The van der Waals surface area contributed by atoms with Crippen LogP contribution in [0.3, 0.4) is 0 Å². The van der Waals surface area contributed by atoms with Gasteiger partial charge in [0.05, 0.1) is 6.10 Å². The minimum Gasteiger partial charge on any atom is -0.393 e. The Labute approximate surface area is 128 Å². The molecule has 2 aromatic rings. The summed E-state index contributed by atoms with van der Waals surface area (Å²) in [6, 6.07) is 5.24. The molecule has 1 aliphatic carbocycles. The van der Waals surface area contributed by atoms with Crippen LogP contribution in [0.15, 0.2) is 35.1 Å². The van der Waals surface area contributed by atoms with Gasteiger partial charge in [-0.15, -0.1) is 0 Å². The van der Waals surface area contributed by atoms with Crippen molar-refractivity contribution < 1.29 is 14.4 Å². The van der Waals surface area contributed by atoms with E-state index in [4.69, 9.17) is 4.52 Å². The highest BCUT2D eigenvalue weighted by Crippen LogP contribution is 2.26. The predicted molar refractivity (Wildman–Crippen MR) is 80.0 cm³/mol. The Morgan fingerprint density at radius 2 is 2.18 bits per heavy atom. The van der Waals surface area contributed by atoms with Crippen LogP contribution < -0.4 is 0 Å². The van der Waals surface area contributed by atoms with Crippen molar-refractivity contribution in [3.63, 3.8) is 0 Å². The summed E-state index contributed by atoms with van der Waals surface area (Å²) in [5.74, 6) is 0.503. The number of carbonyl (C=O) groups is 1. The Balaban J connectivity index is 1.68. The van der Waals surface area contributed by atoms with Crippen molar-refractivity contribution in [2.75, 3.05) is 13.6 Å². The molecule has 6 nitrogen and oxygen atoms in total. The Hall–Kier alpha value is -2.21. The molecule has 1 fully saturated rings. The molecule has 1 saturated carbocycles. The summed E-state index contributed by atoms with van der Waals surface area (Å²) < 4.78 is 5.24.